The molecule has 0 radical (unpaired) electrons. The number of hydrogen-bond acceptors (Lipinski definition) is 3. The zero-order valence-corrected chi connectivity index (χ0v) is 19.2. The van der Waals surface area contributed by atoms with Crippen LogP contribution in [0, 0.1) is 0 Å². The van der Waals surface area contributed by atoms with Gasteiger partial charge in [-0.2, -0.15) is 0 Å². The number of phosphoric ester groups is 1. The summed E-state index contributed by atoms with van der Waals surface area (Å²) in [7, 11) is -3.88. The van der Waals surface area contributed by atoms with Crippen molar-refractivity contribution in [2.24, 2.45) is 0 Å². The summed E-state index contributed by atoms with van der Waals surface area (Å²) < 4.78 is 20.9. The first-order valence-electron chi connectivity index (χ1n) is 10.4. The molecule has 1 unspecified atom stereocenters. The van der Waals surface area contributed by atoms with Gasteiger partial charge in [-0.25, -0.2) is 4.57 Å². The number of rotatable bonds is 20. The Morgan fingerprint density at radius 2 is 1.31 bits per heavy atom. The fraction of sp³-hybridized carbons (Fsp3) is 0.900. The van der Waals surface area contributed by atoms with Gasteiger partial charge in [-0.3, -0.25) is 9.05 Å². The van der Waals surface area contributed by atoms with E-state index in [2.05, 4.69) is 22.9 Å². The molecule has 0 aliphatic carbocycles. The van der Waals surface area contributed by atoms with Gasteiger partial charge in [0.05, 0.1) is 13.2 Å². The normalized spacial score (nSPS) is 14.1. The molecule has 0 aromatic carbocycles. The molecule has 0 aliphatic rings. The first-order chi connectivity index (χ1) is 12.6. The summed E-state index contributed by atoms with van der Waals surface area (Å²) in [4.78, 5) is 9.33. The van der Waals surface area contributed by atoms with Crippen LogP contribution in [0.3, 0.4) is 0 Å². The van der Waals surface area contributed by atoms with Gasteiger partial charge >= 0.3 is 7.82 Å². The maximum Gasteiger partial charge on any atom is 0.472 e. The number of phosphoric acid groups is 1. The number of unbranched alkanes of at least 4 members (excludes halogenated alkanes) is 13. The second-order valence-corrected chi connectivity index (χ2v) is 9.04. The van der Waals surface area contributed by atoms with Crippen LogP contribution in [0.25, 0.3) is 0 Å². The standard InChI is InChI=1S/C20H40BrO4P/c1-2-3-4-5-6-7-8-9-10-11-12-13-14-15-16-17-19-24-26(22,23)25-20-18-21/h16-17H,2-15,18-20H2,1H3,(H,22,23)/b17-16+. The summed E-state index contributed by atoms with van der Waals surface area (Å²) in [6.07, 6.45) is 22.5. The van der Waals surface area contributed by atoms with Crippen molar-refractivity contribution < 1.29 is 18.5 Å². The van der Waals surface area contributed by atoms with E-state index in [-0.39, 0.29) is 13.2 Å². The third kappa shape index (κ3) is 20.6. The van der Waals surface area contributed by atoms with Gasteiger partial charge in [0.2, 0.25) is 0 Å². The summed E-state index contributed by atoms with van der Waals surface area (Å²) in [5, 5.41) is 0.510. The zero-order chi connectivity index (χ0) is 19.3. The highest BCUT2D eigenvalue weighted by molar-refractivity contribution is 9.09. The SMILES string of the molecule is CCCCCCCCCCCCCCC/C=C/COP(=O)(O)OCCBr. The number of alkyl halides is 1. The molecule has 1 atom stereocenters. The molecule has 0 heterocycles. The number of hydrogen-bond donors (Lipinski definition) is 1. The van der Waals surface area contributed by atoms with E-state index in [1.54, 1.807) is 6.08 Å². The van der Waals surface area contributed by atoms with Gasteiger partial charge in [0, 0.05) is 5.33 Å². The molecule has 6 heteroatoms. The zero-order valence-electron chi connectivity index (χ0n) is 16.7. The van der Waals surface area contributed by atoms with Gasteiger partial charge in [0.15, 0.2) is 0 Å². The molecule has 0 rings (SSSR count). The van der Waals surface area contributed by atoms with Crippen LogP contribution in [0.2, 0.25) is 0 Å². The Morgan fingerprint density at radius 1 is 0.808 bits per heavy atom. The second kappa shape index (κ2) is 20.1. The Kier molecular flexibility index (Phi) is 20.3. The van der Waals surface area contributed by atoms with E-state index in [4.69, 9.17) is 9.05 Å². The van der Waals surface area contributed by atoms with Crippen LogP contribution in [0.4, 0.5) is 0 Å². The summed E-state index contributed by atoms with van der Waals surface area (Å²) in [6.45, 7) is 2.55. The third-order valence-electron chi connectivity index (χ3n) is 4.31. The van der Waals surface area contributed by atoms with Crippen LogP contribution in [0.1, 0.15) is 96.8 Å². The minimum Gasteiger partial charge on any atom is -0.302 e. The van der Waals surface area contributed by atoms with E-state index < -0.39 is 7.82 Å². The Labute approximate surface area is 169 Å². The van der Waals surface area contributed by atoms with E-state index in [9.17, 15) is 9.46 Å². The van der Waals surface area contributed by atoms with E-state index in [0.29, 0.717) is 5.33 Å². The van der Waals surface area contributed by atoms with Gasteiger partial charge in [0.1, 0.15) is 0 Å². The monoisotopic (exact) mass is 454 g/mol. The molecule has 4 nitrogen and oxygen atoms in total. The third-order valence-corrected chi connectivity index (χ3v) is 5.61. The number of halogens is 1. The molecule has 0 amide bonds. The summed E-state index contributed by atoms with van der Waals surface area (Å²) >= 11 is 3.13. The molecule has 26 heavy (non-hydrogen) atoms. The fourth-order valence-electron chi connectivity index (χ4n) is 2.79. The van der Waals surface area contributed by atoms with Gasteiger partial charge < -0.3 is 4.89 Å². The Bertz CT molecular complexity index is 364. The topological polar surface area (TPSA) is 55.8 Å². The van der Waals surface area contributed by atoms with Crippen LogP contribution >= 0.6 is 23.8 Å². The highest BCUT2D eigenvalue weighted by Crippen LogP contribution is 2.42. The van der Waals surface area contributed by atoms with Crippen molar-refractivity contribution in [2.75, 3.05) is 18.5 Å². The van der Waals surface area contributed by atoms with E-state index in [0.717, 1.165) is 6.42 Å². The average molecular weight is 455 g/mol. The molecule has 0 aliphatic heterocycles. The molecule has 0 saturated heterocycles. The van der Waals surface area contributed by atoms with Crippen molar-refractivity contribution >= 4 is 23.8 Å². The maximum atomic E-state index is 11.4. The van der Waals surface area contributed by atoms with E-state index >= 15 is 0 Å². The molecule has 0 aromatic heterocycles. The fourth-order valence-corrected chi connectivity index (χ4v) is 3.87. The Balaban J connectivity index is 3.25. The minimum absolute atomic E-state index is 0.120. The van der Waals surface area contributed by atoms with Crippen molar-refractivity contribution in [3.63, 3.8) is 0 Å². The van der Waals surface area contributed by atoms with Gasteiger partial charge in [-0.1, -0.05) is 112 Å². The van der Waals surface area contributed by atoms with Crippen LogP contribution in [-0.4, -0.2) is 23.4 Å². The van der Waals surface area contributed by atoms with E-state index in [1.807, 2.05) is 6.08 Å². The minimum atomic E-state index is -3.88. The molecular formula is C20H40BrO4P. The highest BCUT2D eigenvalue weighted by Gasteiger charge is 2.19. The van der Waals surface area contributed by atoms with Crippen LogP contribution in [-0.2, 0) is 13.6 Å². The van der Waals surface area contributed by atoms with Gasteiger partial charge in [0.25, 0.3) is 0 Å². The largest absolute Gasteiger partial charge is 0.472 e. The highest BCUT2D eigenvalue weighted by atomic mass is 79.9. The first-order valence-corrected chi connectivity index (χ1v) is 13.1. The lowest BCUT2D eigenvalue weighted by Crippen LogP contribution is -1.97. The molecule has 0 aromatic rings. The molecule has 0 bridgehead atoms. The summed E-state index contributed by atoms with van der Waals surface area (Å²) in [6, 6.07) is 0. The molecule has 156 valence electrons. The van der Waals surface area contributed by atoms with E-state index in [1.165, 1.54) is 83.5 Å². The summed E-state index contributed by atoms with van der Waals surface area (Å²) in [5.74, 6) is 0. The predicted molar refractivity (Wildman–Crippen MR) is 115 cm³/mol. The van der Waals surface area contributed by atoms with Gasteiger partial charge in [-0.15, -0.1) is 0 Å². The lowest BCUT2D eigenvalue weighted by atomic mass is 10.0. The van der Waals surface area contributed by atoms with Crippen molar-refractivity contribution in [3.8, 4) is 0 Å². The Hall–Kier alpha value is 0.330. The maximum absolute atomic E-state index is 11.4. The number of allylic oxidation sites excluding steroid dienone is 1. The average Bonchev–Trinajstić information content (AvgIpc) is 2.62. The molecular weight excluding hydrogens is 415 g/mol. The van der Waals surface area contributed by atoms with Crippen molar-refractivity contribution in [1.82, 2.24) is 0 Å². The van der Waals surface area contributed by atoms with Gasteiger partial charge in [-0.05, 0) is 12.8 Å². The summed E-state index contributed by atoms with van der Waals surface area (Å²) in [5.41, 5.74) is 0. The Morgan fingerprint density at radius 3 is 1.81 bits per heavy atom. The molecule has 0 spiro atoms. The second-order valence-electron chi connectivity index (χ2n) is 6.79. The molecule has 0 fully saturated rings. The lowest BCUT2D eigenvalue weighted by molar-refractivity contribution is 0.169. The smallest absolute Gasteiger partial charge is 0.302 e. The first kappa shape index (κ1) is 26.3. The quantitative estimate of drug-likeness (QED) is 0.0891. The van der Waals surface area contributed by atoms with Crippen LogP contribution in [0.15, 0.2) is 12.2 Å². The molecule has 0 saturated carbocycles. The van der Waals surface area contributed by atoms with Crippen molar-refractivity contribution in [1.29, 1.82) is 0 Å². The predicted octanol–water partition coefficient (Wildman–Crippen LogP) is 7.55. The van der Waals surface area contributed by atoms with Crippen LogP contribution in [0.5, 0.6) is 0 Å². The van der Waals surface area contributed by atoms with Crippen molar-refractivity contribution in [3.05, 3.63) is 12.2 Å². The lowest BCUT2D eigenvalue weighted by Gasteiger charge is -2.09. The molecule has 1 N–H and O–H groups in total. The van der Waals surface area contributed by atoms with Crippen molar-refractivity contribution in [2.45, 2.75) is 96.8 Å². The van der Waals surface area contributed by atoms with Crippen LogP contribution < -0.4 is 0 Å².